The Morgan fingerprint density at radius 2 is 1.62 bits per heavy atom. The van der Waals surface area contributed by atoms with E-state index < -0.39 is 5.41 Å². The zero-order valence-corrected chi connectivity index (χ0v) is 17.5. The molecule has 5 heteroatoms. The lowest BCUT2D eigenvalue weighted by Crippen LogP contribution is -2.43. The third-order valence-electron chi connectivity index (χ3n) is 6.26. The van der Waals surface area contributed by atoms with Gasteiger partial charge in [-0.1, -0.05) is 48.7 Å². The van der Waals surface area contributed by atoms with Crippen molar-refractivity contribution in [3.05, 3.63) is 64.7 Å². The van der Waals surface area contributed by atoms with Crippen molar-refractivity contribution in [2.24, 2.45) is 5.92 Å². The van der Waals surface area contributed by atoms with Crippen molar-refractivity contribution >= 4 is 29.1 Å². The molecule has 2 N–H and O–H groups in total. The van der Waals surface area contributed by atoms with Crippen LogP contribution in [0.15, 0.2) is 48.5 Å². The number of halogens is 1. The van der Waals surface area contributed by atoms with Crippen molar-refractivity contribution in [3.8, 4) is 0 Å². The smallest absolute Gasteiger partial charge is 0.231 e. The molecule has 4 nitrogen and oxygen atoms in total. The van der Waals surface area contributed by atoms with Crippen LogP contribution < -0.4 is 10.6 Å². The molecule has 2 amide bonds. The van der Waals surface area contributed by atoms with Crippen LogP contribution in [0, 0.1) is 5.92 Å². The van der Waals surface area contributed by atoms with E-state index in [2.05, 4.69) is 10.6 Å². The number of carbonyl (C=O) groups excluding carboxylic acids is 2. The van der Waals surface area contributed by atoms with Gasteiger partial charge in [0.1, 0.15) is 0 Å². The summed E-state index contributed by atoms with van der Waals surface area (Å²) in [5, 5.41) is 6.86. The van der Waals surface area contributed by atoms with Crippen LogP contribution in [0.5, 0.6) is 0 Å². The van der Waals surface area contributed by atoms with E-state index in [0.29, 0.717) is 5.02 Å². The third-order valence-corrected chi connectivity index (χ3v) is 6.51. The minimum Gasteiger partial charge on any atom is -0.349 e. The molecule has 0 bridgehead atoms. The molecule has 1 unspecified atom stereocenters. The molecule has 0 radical (unpaired) electrons. The van der Waals surface area contributed by atoms with Gasteiger partial charge in [-0.05, 0) is 68.0 Å². The molecule has 2 aromatic rings. The van der Waals surface area contributed by atoms with Crippen LogP contribution in [-0.4, -0.2) is 11.8 Å². The molecule has 2 aliphatic rings. The molecule has 0 heterocycles. The second kappa shape index (κ2) is 8.19. The fraction of sp³-hybridized carbons (Fsp3) is 0.417. The Kier molecular flexibility index (Phi) is 5.64. The van der Waals surface area contributed by atoms with Gasteiger partial charge in [-0.3, -0.25) is 9.59 Å². The molecule has 0 aromatic heterocycles. The van der Waals surface area contributed by atoms with Crippen LogP contribution >= 0.6 is 11.6 Å². The average molecular weight is 411 g/mol. The van der Waals surface area contributed by atoms with Crippen molar-refractivity contribution in [1.82, 2.24) is 5.32 Å². The van der Waals surface area contributed by atoms with Crippen LogP contribution in [0.2, 0.25) is 5.02 Å². The van der Waals surface area contributed by atoms with Gasteiger partial charge in [-0.2, -0.15) is 0 Å². The van der Waals surface area contributed by atoms with Crippen LogP contribution in [0.25, 0.3) is 0 Å². The molecular formula is C24H27ClN2O2. The van der Waals surface area contributed by atoms with Crippen LogP contribution in [0.3, 0.4) is 0 Å². The number of carbonyl (C=O) groups is 2. The maximum atomic E-state index is 13.3. The van der Waals surface area contributed by atoms with Crippen molar-refractivity contribution < 1.29 is 9.59 Å². The van der Waals surface area contributed by atoms with Crippen molar-refractivity contribution in [1.29, 1.82) is 0 Å². The number of benzene rings is 2. The third kappa shape index (κ3) is 4.32. The van der Waals surface area contributed by atoms with Crippen molar-refractivity contribution in [3.63, 3.8) is 0 Å². The van der Waals surface area contributed by atoms with Crippen LogP contribution in [0.1, 0.15) is 62.6 Å². The predicted octanol–water partition coefficient (Wildman–Crippen LogP) is 5.38. The van der Waals surface area contributed by atoms with E-state index in [1.807, 2.05) is 55.5 Å². The molecule has 0 aliphatic heterocycles. The van der Waals surface area contributed by atoms with Gasteiger partial charge < -0.3 is 10.6 Å². The first kappa shape index (κ1) is 20.0. The zero-order chi connectivity index (χ0) is 20.4. The summed E-state index contributed by atoms with van der Waals surface area (Å²) in [4.78, 5) is 25.2. The van der Waals surface area contributed by atoms with E-state index in [4.69, 9.17) is 11.6 Å². The monoisotopic (exact) mass is 410 g/mol. The summed E-state index contributed by atoms with van der Waals surface area (Å²) in [6.45, 7) is 2.00. The highest BCUT2D eigenvalue weighted by Gasteiger charge is 2.43. The van der Waals surface area contributed by atoms with E-state index in [1.54, 1.807) is 0 Å². The fourth-order valence-corrected chi connectivity index (χ4v) is 4.38. The van der Waals surface area contributed by atoms with Gasteiger partial charge in [0.15, 0.2) is 0 Å². The maximum absolute atomic E-state index is 13.3. The molecule has 2 fully saturated rings. The normalized spacial score (nSPS) is 18.8. The minimum absolute atomic E-state index is 0.0796. The van der Waals surface area contributed by atoms with E-state index in [0.717, 1.165) is 55.3 Å². The van der Waals surface area contributed by atoms with Gasteiger partial charge in [0.2, 0.25) is 11.8 Å². The maximum Gasteiger partial charge on any atom is 0.231 e. The highest BCUT2D eigenvalue weighted by molar-refractivity contribution is 6.30. The summed E-state index contributed by atoms with van der Waals surface area (Å²) >= 11 is 6.05. The molecule has 2 aromatic carbocycles. The Morgan fingerprint density at radius 1 is 1.00 bits per heavy atom. The van der Waals surface area contributed by atoms with Gasteiger partial charge in [0, 0.05) is 16.6 Å². The Morgan fingerprint density at radius 3 is 2.21 bits per heavy atom. The Hall–Kier alpha value is -2.33. The molecule has 1 atom stereocenters. The van der Waals surface area contributed by atoms with Gasteiger partial charge in [0.05, 0.1) is 11.5 Å². The summed E-state index contributed by atoms with van der Waals surface area (Å²) in [5.41, 5.74) is 2.39. The summed E-state index contributed by atoms with van der Waals surface area (Å²) in [6.07, 6.45) is 5.81. The van der Waals surface area contributed by atoms with Gasteiger partial charge in [0.25, 0.3) is 0 Å². The number of anilines is 1. The van der Waals surface area contributed by atoms with Crippen molar-refractivity contribution in [2.45, 2.75) is 56.9 Å². The summed E-state index contributed by atoms with van der Waals surface area (Å²) in [6, 6.07) is 15.3. The molecule has 4 rings (SSSR count). The molecule has 2 saturated carbocycles. The number of hydrogen-bond donors (Lipinski definition) is 2. The lowest BCUT2D eigenvalue weighted by molar-refractivity contribution is -0.127. The van der Waals surface area contributed by atoms with E-state index in [9.17, 15) is 9.59 Å². The Bertz CT molecular complexity index is 882. The SMILES string of the molecule is CC(NC(=O)C1(c2ccc(Cl)cc2)CCCC1)c1ccc(NC(=O)C2CC2)cc1. The second-order valence-corrected chi connectivity index (χ2v) is 8.81. The van der Waals surface area contributed by atoms with E-state index in [1.165, 1.54) is 0 Å². The van der Waals surface area contributed by atoms with Gasteiger partial charge in [-0.15, -0.1) is 0 Å². The second-order valence-electron chi connectivity index (χ2n) is 8.38. The fourth-order valence-electron chi connectivity index (χ4n) is 4.26. The predicted molar refractivity (Wildman–Crippen MR) is 116 cm³/mol. The molecule has 0 spiro atoms. The standard InChI is InChI=1S/C24H27ClN2O2/c1-16(17-6-12-21(13-7-17)27-22(28)18-4-5-18)26-23(29)24(14-2-3-15-24)19-8-10-20(25)11-9-19/h6-13,16,18H,2-5,14-15H2,1H3,(H,26,29)(H,27,28). The highest BCUT2D eigenvalue weighted by Crippen LogP contribution is 2.42. The molecule has 2 aliphatic carbocycles. The number of hydrogen-bond acceptors (Lipinski definition) is 2. The number of rotatable bonds is 6. The topological polar surface area (TPSA) is 58.2 Å². The zero-order valence-electron chi connectivity index (χ0n) is 16.7. The van der Waals surface area contributed by atoms with Crippen LogP contribution in [-0.2, 0) is 15.0 Å². The number of nitrogens with one attached hydrogen (secondary N) is 2. The van der Waals surface area contributed by atoms with Crippen LogP contribution in [0.4, 0.5) is 5.69 Å². The van der Waals surface area contributed by atoms with E-state index in [-0.39, 0.29) is 23.8 Å². The highest BCUT2D eigenvalue weighted by atomic mass is 35.5. The minimum atomic E-state index is -0.475. The lowest BCUT2D eigenvalue weighted by atomic mass is 9.77. The first-order valence-corrected chi connectivity index (χ1v) is 10.8. The van der Waals surface area contributed by atoms with E-state index >= 15 is 0 Å². The molecule has 29 heavy (non-hydrogen) atoms. The van der Waals surface area contributed by atoms with Crippen molar-refractivity contribution in [2.75, 3.05) is 5.32 Å². The lowest BCUT2D eigenvalue weighted by Gasteiger charge is -2.30. The largest absolute Gasteiger partial charge is 0.349 e. The average Bonchev–Trinajstić information content (AvgIpc) is 3.46. The summed E-state index contributed by atoms with van der Waals surface area (Å²) in [7, 11) is 0. The molecular weight excluding hydrogens is 384 g/mol. The first-order valence-electron chi connectivity index (χ1n) is 10.5. The Labute approximate surface area is 177 Å². The van der Waals surface area contributed by atoms with Gasteiger partial charge >= 0.3 is 0 Å². The first-order chi connectivity index (χ1) is 14.0. The van der Waals surface area contributed by atoms with Gasteiger partial charge in [-0.25, -0.2) is 0 Å². The number of amides is 2. The Balaban J connectivity index is 1.45. The molecule has 0 saturated heterocycles. The molecule has 152 valence electrons. The quantitative estimate of drug-likeness (QED) is 0.671. The summed E-state index contributed by atoms with van der Waals surface area (Å²) < 4.78 is 0. The summed E-state index contributed by atoms with van der Waals surface area (Å²) in [5.74, 6) is 0.365.